The van der Waals surface area contributed by atoms with Crippen molar-refractivity contribution in [3.05, 3.63) is 22.4 Å². The highest BCUT2D eigenvalue weighted by Gasteiger charge is 2.30. The van der Waals surface area contributed by atoms with Crippen molar-refractivity contribution in [3.8, 4) is 0 Å². The summed E-state index contributed by atoms with van der Waals surface area (Å²) in [7, 11) is 3.94. The van der Waals surface area contributed by atoms with Crippen LogP contribution >= 0.6 is 11.3 Å². The second-order valence-electron chi connectivity index (χ2n) is 5.10. The second-order valence-corrected chi connectivity index (χ2v) is 6.08. The van der Waals surface area contributed by atoms with Crippen molar-refractivity contribution in [2.45, 2.75) is 18.9 Å². The molecule has 1 aromatic heterocycles. The van der Waals surface area contributed by atoms with E-state index in [2.05, 4.69) is 32.6 Å². The Morgan fingerprint density at radius 2 is 2.47 bits per heavy atom. The molecule has 0 bridgehead atoms. The van der Waals surface area contributed by atoms with Crippen LogP contribution in [0.4, 0.5) is 0 Å². The molecule has 1 saturated heterocycles. The van der Waals surface area contributed by atoms with Gasteiger partial charge in [-0.15, -0.1) is 11.3 Å². The Bertz CT molecular complexity index is 393. The number of amides is 1. The molecular formula is C14H23N3OS. The molecule has 0 aromatic carbocycles. The zero-order chi connectivity index (χ0) is 13.7. The molecule has 0 radical (unpaired) electrons. The van der Waals surface area contributed by atoms with Gasteiger partial charge < -0.3 is 10.2 Å². The zero-order valence-corrected chi connectivity index (χ0v) is 12.6. The molecule has 5 heteroatoms. The van der Waals surface area contributed by atoms with E-state index in [0.717, 1.165) is 32.5 Å². The average molecular weight is 281 g/mol. The zero-order valence-electron chi connectivity index (χ0n) is 11.8. The molecule has 0 saturated carbocycles. The molecule has 1 atom stereocenters. The lowest BCUT2D eigenvalue weighted by atomic mass is 10.2. The quantitative estimate of drug-likeness (QED) is 0.859. The van der Waals surface area contributed by atoms with Gasteiger partial charge in [0.25, 0.3) is 0 Å². The van der Waals surface area contributed by atoms with Crippen molar-refractivity contribution >= 4 is 17.2 Å². The summed E-state index contributed by atoms with van der Waals surface area (Å²) in [6, 6.07) is 4.52. The molecule has 2 heterocycles. The molecule has 1 fully saturated rings. The summed E-state index contributed by atoms with van der Waals surface area (Å²) in [5.41, 5.74) is 0. The molecular weight excluding hydrogens is 258 g/mol. The predicted octanol–water partition coefficient (Wildman–Crippen LogP) is 1.56. The van der Waals surface area contributed by atoms with E-state index in [1.165, 1.54) is 4.88 Å². The second kappa shape index (κ2) is 7.03. The first kappa shape index (κ1) is 14.5. The fourth-order valence-electron chi connectivity index (χ4n) is 2.55. The SMILES string of the molecule is CNCCN(C)CC(=O)N1CCCC1c1cccs1. The highest BCUT2D eigenvalue weighted by Crippen LogP contribution is 2.34. The van der Waals surface area contributed by atoms with E-state index in [-0.39, 0.29) is 5.91 Å². The topological polar surface area (TPSA) is 35.6 Å². The summed E-state index contributed by atoms with van der Waals surface area (Å²) in [5.74, 6) is 0.259. The van der Waals surface area contributed by atoms with Crippen LogP contribution in [-0.4, -0.2) is 56.0 Å². The Morgan fingerprint density at radius 3 is 3.16 bits per heavy atom. The minimum atomic E-state index is 0.259. The first-order chi connectivity index (χ1) is 9.22. The van der Waals surface area contributed by atoms with Crippen LogP contribution in [0.5, 0.6) is 0 Å². The fraction of sp³-hybridized carbons (Fsp3) is 0.643. The fourth-order valence-corrected chi connectivity index (χ4v) is 3.42. The standard InChI is InChI=1S/C14H23N3OS/c1-15-7-9-16(2)11-14(18)17-8-3-5-12(17)13-6-4-10-19-13/h4,6,10,12,15H,3,5,7-9,11H2,1-2H3. The molecule has 1 aromatic rings. The molecule has 1 N–H and O–H groups in total. The Labute approximate surface area is 119 Å². The number of thiophene rings is 1. The number of nitrogens with one attached hydrogen (secondary N) is 1. The van der Waals surface area contributed by atoms with Gasteiger partial charge in [-0.2, -0.15) is 0 Å². The third-order valence-electron chi connectivity index (χ3n) is 3.59. The van der Waals surface area contributed by atoms with Crippen molar-refractivity contribution in [2.24, 2.45) is 0 Å². The van der Waals surface area contributed by atoms with E-state index in [1.807, 2.05) is 14.1 Å². The van der Waals surface area contributed by atoms with Gasteiger partial charge in [0.15, 0.2) is 0 Å². The summed E-state index contributed by atoms with van der Waals surface area (Å²) in [4.78, 5) is 17.9. The Balaban J connectivity index is 1.91. The Kier molecular flexibility index (Phi) is 5.36. The predicted molar refractivity (Wildman–Crippen MR) is 79.4 cm³/mol. The number of carbonyl (C=O) groups excluding carboxylic acids is 1. The smallest absolute Gasteiger partial charge is 0.237 e. The average Bonchev–Trinajstić information content (AvgIpc) is 3.05. The van der Waals surface area contributed by atoms with Gasteiger partial charge in [0.2, 0.25) is 5.91 Å². The number of hydrogen-bond donors (Lipinski definition) is 1. The Morgan fingerprint density at radius 1 is 1.63 bits per heavy atom. The molecule has 106 valence electrons. The number of rotatable bonds is 6. The molecule has 1 amide bonds. The minimum absolute atomic E-state index is 0.259. The first-order valence-corrected chi connectivity index (χ1v) is 7.76. The van der Waals surface area contributed by atoms with E-state index >= 15 is 0 Å². The lowest BCUT2D eigenvalue weighted by molar-refractivity contribution is -0.133. The normalized spacial score (nSPS) is 19.3. The van der Waals surface area contributed by atoms with Gasteiger partial charge in [-0.25, -0.2) is 0 Å². The van der Waals surface area contributed by atoms with Gasteiger partial charge >= 0.3 is 0 Å². The molecule has 1 aliphatic rings. The highest BCUT2D eigenvalue weighted by molar-refractivity contribution is 7.10. The van der Waals surface area contributed by atoms with Gasteiger partial charge in [0.1, 0.15) is 0 Å². The van der Waals surface area contributed by atoms with Gasteiger partial charge in [-0.3, -0.25) is 9.69 Å². The monoisotopic (exact) mass is 281 g/mol. The van der Waals surface area contributed by atoms with Crippen molar-refractivity contribution in [2.75, 3.05) is 40.3 Å². The van der Waals surface area contributed by atoms with Crippen LogP contribution in [0, 0.1) is 0 Å². The number of carbonyl (C=O) groups is 1. The summed E-state index contributed by atoms with van der Waals surface area (Å²) in [6.45, 7) is 3.24. The van der Waals surface area contributed by atoms with Gasteiger partial charge in [-0.1, -0.05) is 6.07 Å². The third-order valence-corrected chi connectivity index (χ3v) is 4.57. The van der Waals surface area contributed by atoms with Gasteiger partial charge in [0.05, 0.1) is 12.6 Å². The van der Waals surface area contributed by atoms with Crippen LogP contribution in [0.1, 0.15) is 23.8 Å². The van der Waals surface area contributed by atoms with Gasteiger partial charge in [-0.05, 0) is 38.4 Å². The summed E-state index contributed by atoms with van der Waals surface area (Å²) >= 11 is 1.76. The van der Waals surface area contributed by atoms with Crippen molar-refractivity contribution in [1.82, 2.24) is 15.1 Å². The largest absolute Gasteiger partial charge is 0.334 e. The maximum atomic E-state index is 12.4. The first-order valence-electron chi connectivity index (χ1n) is 6.88. The van der Waals surface area contributed by atoms with Crippen LogP contribution in [0.25, 0.3) is 0 Å². The summed E-state index contributed by atoms with van der Waals surface area (Å²) < 4.78 is 0. The number of hydrogen-bond acceptors (Lipinski definition) is 4. The molecule has 1 unspecified atom stereocenters. The van der Waals surface area contributed by atoms with Crippen LogP contribution in [0.3, 0.4) is 0 Å². The lowest BCUT2D eigenvalue weighted by Crippen LogP contribution is -2.40. The molecule has 2 rings (SSSR count). The summed E-state index contributed by atoms with van der Waals surface area (Å²) in [5, 5.41) is 5.20. The van der Waals surface area contributed by atoms with E-state index in [4.69, 9.17) is 0 Å². The maximum Gasteiger partial charge on any atom is 0.237 e. The van der Waals surface area contributed by atoms with E-state index in [1.54, 1.807) is 11.3 Å². The lowest BCUT2D eigenvalue weighted by Gasteiger charge is -2.26. The van der Waals surface area contributed by atoms with Crippen LogP contribution < -0.4 is 5.32 Å². The molecule has 4 nitrogen and oxygen atoms in total. The van der Waals surface area contributed by atoms with Crippen molar-refractivity contribution in [1.29, 1.82) is 0 Å². The molecule has 1 aliphatic heterocycles. The number of nitrogens with zero attached hydrogens (tertiary/aromatic N) is 2. The summed E-state index contributed by atoms with van der Waals surface area (Å²) in [6.07, 6.45) is 2.22. The number of likely N-dealkylation sites (tertiary alicyclic amines) is 1. The van der Waals surface area contributed by atoms with Crippen LogP contribution in [0.15, 0.2) is 17.5 Å². The van der Waals surface area contributed by atoms with Crippen LogP contribution in [-0.2, 0) is 4.79 Å². The third kappa shape index (κ3) is 3.78. The molecule has 0 aliphatic carbocycles. The Hall–Kier alpha value is -0.910. The highest BCUT2D eigenvalue weighted by atomic mass is 32.1. The maximum absolute atomic E-state index is 12.4. The molecule has 19 heavy (non-hydrogen) atoms. The van der Waals surface area contributed by atoms with Crippen molar-refractivity contribution < 1.29 is 4.79 Å². The van der Waals surface area contributed by atoms with E-state index in [9.17, 15) is 4.79 Å². The molecule has 0 spiro atoms. The van der Waals surface area contributed by atoms with Crippen LogP contribution in [0.2, 0.25) is 0 Å². The minimum Gasteiger partial charge on any atom is -0.334 e. The van der Waals surface area contributed by atoms with E-state index in [0.29, 0.717) is 12.6 Å². The number of likely N-dealkylation sites (N-methyl/N-ethyl adjacent to an activating group) is 2. The van der Waals surface area contributed by atoms with Gasteiger partial charge in [0, 0.05) is 24.5 Å². The van der Waals surface area contributed by atoms with Crippen molar-refractivity contribution in [3.63, 3.8) is 0 Å². The van der Waals surface area contributed by atoms with E-state index < -0.39 is 0 Å².